The number of rotatable bonds is 2. The van der Waals surface area contributed by atoms with E-state index in [-0.39, 0.29) is 10.3 Å². The quantitative estimate of drug-likeness (QED) is 0.837. The average molecular weight is 300 g/mol. The molecule has 2 aromatic rings. The molecule has 0 fully saturated rings. The summed E-state index contributed by atoms with van der Waals surface area (Å²) in [6.45, 7) is 1.84. The van der Waals surface area contributed by atoms with Crippen molar-refractivity contribution >= 4 is 40.7 Å². The van der Waals surface area contributed by atoms with E-state index in [2.05, 4.69) is 20.7 Å². The second-order valence-electron chi connectivity index (χ2n) is 3.87. The lowest BCUT2D eigenvalue weighted by Gasteiger charge is -2.07. The Balaban J connectivity index is 2.07. The summed E-state index contributed by atoms with van der Waals surface area (Å²) in [5.41, 5.74) is 1.27. The van der Waals surface area contributed by atoms with Gasteiger partial charge in [-0.15, -0.1) is 0 Å². The standard InChI is InChI=1S/C11H11Cl2N5O/c1-6-3-10(18(2)17-6)16-11(19)14-7-4-8(12)15-9(13)5-7/h3-5H,1-2H3,(H2,14,15,16,19). The first-order valence-electron chi connectivity index (χ1n) is 5.36. The second kappa shape index (κ2) is 5.46. The van der Waals surface area contributed by atoms with Crippen molar-refractivity contribution in [2.45, 2.75) is 6.92 Å². The predicted molar refractivity (Wildman–Crippen MR) is 74.8 cm³/mol. The Bertz CT molecular complexity index is 605. The molecule has 2 aromatic heterocycles. The molecule has 0 aliphatic carbocycles. The van der Waals surface area contributed by atoms with E-state index < -0.39 is 6.03 Å². The van der Waals surface area contributed by atoms with Gasteiger partial charge < -0.3 is 5.32 Å². The second-order valence-corrected chi connectivity index (χ2v) is 4.65. The highest BCUT2D eigenvalue weighted by Crippen LogP contribution is 2.19. The molecule has 2 heterocycles. The van der Waals surface area contributed by atoms with Crippen molar-refractivity contribution in [3.8, 4) is 0 Å². The van der Waals surface area contributed by atoms with Gasteiger partial charge in [-0.25, -0.2) is 9.78 Å². The highest BCUT2D eigenvalue weighted by molar-refractivity contribution is 6.33. The maximum absolute atomic E-state index is 11.8. The van der Waals surface area contributed by atoms with Crippen LogP contribution in [0.1, 0.15) is 5.69 Å². The van der Waals surface area contributed by atoms with Gasteiger partial charge in [-0.1, -0.05) is 23.2 Å². The highest BCUT2D eigenvalue weighted by Gasteiger charge is 2.08. The minimum absolute atomic E-state index is 0.208. The predicted octanol–water partition coefficient (Wildman–Crippen LogP) is 3.07. The third-order valence-electron chi connectivity index (χ3n) is 2.26. The van der Waals surface area contributed by atoms with E-state index in [1.807, 2.05) is 6.92 Å². The topological polar surface area (TPSA) is 71.8 Å². The number of carbonyl (C=O) groups excluding carboxylic acids is 1. The number of anilines is 2. The van der Waals surface area contributed by atoms with Gasteiger partial charge in [0.2, 0.25) is 0 Å². The van der Waals surface area contributed by atoms with Crippen LogP contribution in [-0.2, 0) is 7.05 Å². The van der Waals surface area contributed by atoms with Gasteiger partial charge >= 0.3 is 6.03 Å². The van der Waals surface area contributed by atoms with E-state index in [1.165, 1.54) is 12.1 Å². The van der Waals surface area contributed by atoms with Crippen LogP contribution < -0.4 is 10.6 Å². The molecule has 0 atom stereocenters. The molecule has 0 aliphatic rings. The third kappa shape index (κ3) is 3.59. The number of urea groups is 1. The van der Waals surface area contributed by atoms with Crippen molar-refractivity contribution in [1.29, 1.82) is 0 Å². The molecule has 0 saturated heterocycles. The minimum atomic E-state index is -0.415. The molecule has 0 aromatic carbocycles. The van der Waals surface area contributed by atoms with Gasteiger partial charge in [0.25, 0.3) is 0 Å². The van der Waals surface area contributed by atoms with Crippen LogP contribution in [0, 0.1) is 6.92 Å². The number of aryl methyl sites for hydroxylation is 2. The summed E-state index contributed by atoms with van der Waals surface area (Å²) in [5.74, 6) is 0.584. The van der Waals surface area contributed by atoms with Crippen LogP contribution in [0.3, 0.4) is 0 Å². The molecular weight excluding hydrogens is 289 g/mol. The fourth-order valence-electron chi connectivity index (χ4n) is 1.54. The summed E-state index contributed by atoms with van der Waals surface area (Å²) < 4.78 is 1.57. The third-order valence-corrected chi connectivity index (χ3v) is 2.65. The van der Waals surface area contributed by atoms with E-state index >= 15 is 0 Å². The van der Waals surface area contributed by atoms with E-state index in [9.17, 15) is 4.79 Å². The van der Waals surface area contributed by atoms with Crippen LogP contribution in [0.5, 0.6) is 0 Å². The molecule has 0 unspecified atom stereocenters. The number of nitrogens with zero attached hydrogens (tertiary/aromatic N) is 3. The Labute approximate surface area is 119 Å². The van der Waals surface area contributed by atoms with Crippen molar-refractivity contribution in [2.75, 3.05) is 10.6 Å². The first-order valence-corrected chi connectivity index (χ1v) is 6.11. The van der Waals surface area contributed by atoms with E-state index in [0.717, 1.165) is 5.69 Å². The summed E-state index contributed by atoms with van der Waals surface area (Å²) >= 11 is 11.5. The minimum Gasteiger partial charge on any atom is -0.307 e. The number of hydrogen-bond acceptors (Lipinski definition) is 3. The number of halogens is 2. The van der Waals surface area contributed by atoms with E-state index in [0.29, 0.717) is 11.5 Å². The molecule has 0 spiro atoms. The number of hydrogen-bond donors (Lipinski definition) is 2. The molecule has 6 nitrogen and oxygen atoms in total. The zero-order chi connectivity index (χ0) is 14.0. The molecule has 0 radical (unpaired) electrons. The molecule has 19 heavy (non-hydrogen) atoms. The Morgan fingerprint density at radius 3 is 2.37 bits per heavy atom. The van der Waals surface area contributed by atoms with Crippen molar-refractivity contribution in [3.63, 3.8) is 0 Å². The van der Waals surface area contributed by atoms with Crippen LogP contribution in [0.2, 0.25) is 10.3 Å². The summed E-state index contributed by atoms with van der Waals surface area (Å²) in [6, 6.07) is 4.34. The molecule has 2 rings (SSSR count). The Kier molecular flexibility index (Phi) is 3.92. The number of aromatic nitrogens is 3. The molecule has 0 bridgehead atoms. The van der Waals surface area contributed by atoms with Crippen LogP contribution in [0.15, 0.2) is 18.2 Å². The fourth-order valence-corrected chi connectivity index (χ4v) is 2.00. The van der Waals surface area contributed by atoms with Gasteiger partial charge in [0.15, 0.2) is 0 Å². The Morgan fingerprint density at radius 1 is 1.21 bits per heavy atom. The van der Waals surface area contributed by atoms with Gasteiger partial charge in [-0.3, -0.25) is 10.00 Å². The summed E-state index contributed by atoms with van der Waals surface area (Å²) in [5, 5.41) is 9.81. The smallest absolute Gasteiger partial charge is 0.307 e. The van der Waals surface area contributed by atoms with Crippen LogP contribution in [0.4, 0.5) is 16.3 Å². The maximum atomic E-state index is 11.8. The van der Waals surface area contributed by atoms with Crippen LogP contribution >= 0.6 is 23.2 Å². The molecule has 0 saturated carbocycles. The zero-order valence-electron chi connectivity index (χ0n) is 10.2. The van der Waals surface area contributed by atoms with E-state index in [1.54, 1.807) is 17.8 Å². The number of nitrogens with one attached hydrogen (secondary N) is 2. The van der Waals surface area contributed by atoms with Crippen molar-refractivity contribution in [1.82, 2.24) is 14.8 Å². The number of amides is 2. The van der Waals surface area contributed by atoms with Crippen molar-refractivity contribution in [2.24, 2.45) is 7.05 Å². The van der Waals surface area contributed by atoms with Gasteiger partial charge in [-0.05, 0) is 19.1 Å². The molecule has 2 N–H and O–H groups in total. The Hall–Kier alpha value is -1.79. The summed E-state index contributed by atoms with van der Waals surface area (Å²) in [7, 11) is 1.74. The lowest BCUT2D eigenvalue weighted by atomic mass is 10.4. The summed E-state index contributed by atoms with van der Waals surface area (Å²) in [4.78, 5) is 15.6. The molecule has 8 heteroatoms. The molecule has 0 aliphatic heterocycles. The molecule has 2 amide bonds. The van der Waals surface area contributed by atoms with Gasteiger partial charge in [-0.2, -0.15) is 5.10 Å². The fraction of sp³-hybridized carbons (Fsp3) is 0.182. The monoisotopic (exact) mass is 299 g/mol. The molecule has 100 valence electrons. The van der Waals surface area contributed by atoms with Crippen molar-refractivity contribution in [3.05, 3.63) is 34.2 Å². The zero-order valence-corrected chi connectivity index (χ0v) is 11.7. The van der Waals surface area contributed by atoms with Crippen molar-refractivity contribution < 1.29 is 4.79 Å². The van der Waals surface area contributed by atoms with Crippen LogP contribution in [0.25, 0.3) is 0 Å². The Morgan fingerprint density at radius 2 is 1.84 bits per heavy atom. The number of pyridine rings is 1. The number of carbonyl (C=O) groups is 1. The lowest BCUT2D eigenvalue weighted by molar-refractivity contribution is 0.262. The highest BCUT2D eigenvalue weighted by atomic mass is 35.5. The largest absolute Gasteiger partial charge is 0.324 e. The normalized spacial score (nSPS) is 10.3. The van der Waals surface area contributed by atoms with Gasteiger partial charge in [0.1, 0.15) is 16.1 Å². The SMILES string of the molecule is Cc1cc(NC(=O)Nc2cc(Cl)nc(Cl)c2)n(C)n1. The lowest BCUT2D eigenvalue weighted by Crippen LogP contribution is -2.21. The molecular formula is C11H11Cl2N5O. The summed E-state index contributed by atoms with van der Waals surface area (Å²) in [6.07, 6.45) is 0. The van der Waals surface area contributed by atoms with Gasteiger partial charge in [0.05, 0.1) is 5.69 Å². The maximum Gasteiger partial charge on any atom is 0.324 e. The average Bonchev–Trinajstić information content (AvgIpc) is 2.55. The first kappa shape index (κ1) is 13.6. The van der Waals surface area contributed by atoms with E-state index in [4.69, 9.17) is 23.2 Å². The van der Waals surface area contributed by atoms with Crippen LogP contribution in [-0.4, -0.2) is 20.8 Å². The van der Waals surface area contributed by atoms with Gasteiger partial charge in [0, 0.05) is 18.8 Å². The first-order chi connectivity index (χ1) is 8.94.